The Morgan fingerprint density at radius 1 is 0.952 bits per heavy atom. The Morgan fingerprint density at radius 2 is 1.52 bits per heavy atom. The molecule has 0 spiro atoms. The molecular formula is C19H15IO. The van der Waals surface area contributed by atoms with E-state index in [1.807, 2.05) is 48.5 Å². The highest BCUT2D eigenvalue weighted by molar-refractivity contribution is 14.1. The average Bonchev–Trinajstić information content (AvgIpc) is 2.43. The van der Waals surface area contributed by atoms with Crippen LogP contribution in [0.2, 0.25) is 0 Å². The first kappa shape index (κ1) is 14.3. The van der Waals surface area contributed by atoms with Crippen LogP contribution in [0.3, 0.4) is 0 Å². The Bertz CT molecular complexity index is 772. The molecule has 0 bridgehead atoms. The number of hydrogen-bond acceptors (Lipinski definition) is 1. The molecular weight excluding hydrogens is 371 g/mol. The van der Waals surface area contributed by atoms with E-state index in [4.69, 9.17) is 0 Å². The average molecular weight is 386 g/mol. The molecule has 0 N–H and O–H groups in total. The van der Waals surface area contributed by atoms with Crippen molar-refractivity contribution in [3.63, 3.8) is 0 Å². The molecule has 0 fully saturated rings. The second-order valence-electron chi connectivity index (χ2n) is 5.74. The Labute approximate surface area is 138 Å². The molecule has 0 aliphatic heterocycles. The summed E-state index contributed by atoms with van der Waals surface area (Å²) in [6.45, 7) is 4.20. The molecule has 2 aromatic carbocycles. The van der Waals surface area contributed by atoms with Crippen LogP contribution in [0.4, 0.5) is 0 Å². The number of ketones is 1. The Morgan fingerprint density at radius 3 is 2.24 bits per heavy atom. The lowest BCUT2D eigenvalue weighted by Crippen LogP contribution is -2.31. The van der Waals surface area contributed by atoms with Crippen LogP contribution in [0.25, 0.3) is 0 Å². The summed E-state index contributed by atoms with van der Waals surface area (Å²) in [6, 6.07) is 15.6. The minimum atomic E-state index is -0.190. The third-order valence-electron chi connectivity index (χ3n) is 3.74. The number of fused-ring (bicyclic) bond motifs is 2. The number of alkyl halides is 1. The van der Waals surface area contributed by atoms with Crippen LogP contribution in [0, 0.1) is 11.8 Å². The van der Waals surface area contributed by atoms with Crippen molar-refractivity contribution in [2.24, 2.45) is 0 Å². The topological polar surface area (TPSA) is 17.1 Å². The van der Waals surface area contributed by atoms with E-state index in [2.05, 4.69) is 48.3 Å². The van der Waals surface area contributed by atoms with Gasteiger partial charge in [-0.3, -0.25) is 4.79 Å². The fourth-order valence-electron chi connectivity index (χ4n) is 2.78. The zero-order valence-electron chi connectivity index (χ0n) is 12.0. The van der Waals surface area contributed by atoms with Crippen LogP contribution in [0.1, 0.15) is 46.8 Å². The maximum absolute atomic E-state index is 13.1. The standard InChI is InChI=1S/C19H15IO/c1-19(2,20)17-15-9-5-3-7-13(15)11-12-14-8-4-6-10-16(14)18(17)21/h3-10,17H,1-2H3. The van der Waals surface area contributed by atoms with Crippen LogP contribution in [0.15, 0.2) is 48.5 Å². The van der Waals surface area contributed by atoms with E-state index in [0.29, 0.717) is 0 Å². The molecule has 0 heterocycles. The van der Waals surface area contributed by atoms with E-state index in [9.17, 15) is 4.79 Å². The SMILES string of the molecule is CC(C)(I)C1C(=O)c2ccccc2C#Cc2ccccc21. The largest absolute Gasteiger partial charge is 0.293 e. The summed E-state index contributed by atoms with van der Waals surface area (Å²) in [5.74, 6) is 6.36. The van der Waals surface area contributed by atoms with Crippen LogP contribution < -0.4 is 0 Å². The van der Waals surface area contributed by atoms with Crippen molar-refractivity contribution >= 4 is 28.4 Å². The fraction of sp³-hybridized carbons (Fsp3) is 0.211. The minimum absolute atomic E-state index is 0.159. The first-order chi connectivity index (χ1) is 9.98. The van der Waals surface area contributed by atoms with Gasteiger partial charge in [0.2, 0.25) is 0 Å². The van der Waals surface area contributed by atoms with Gasteiger partial charge < -0.3 is 0 Å². The third kappa shape index (κ3) is 2.63. The van der Waals surface area contributed by atoms with E-state index in [0.717, 1.165) is 22.3 Å². The van der Waals surface area contributed by atoms with Crippen molar-refractivity contribution in [1.82, 2.24) is 0 Å². The molecule has 1 aliphatic rings. The van der Waals surface area contributed by atoms with Gasteiger partial charge in [0.05, 0.1) is 5.92 Å². The van der Waals surface area contributed by atoms with Gasteiger partial charge >= 0.3 is 0 Å². The summed E-state index contributed by atoms with van der Waals surface area (Å²) in [6.07, 6.45) is 0. The number of halogens is 1. The predicted molar refractivity (Wildman–Crippen MR) is 94.0 cm³/mol. The Balaban J connectivity index is 2.33. The van der Waals surface area contributed by atoms with Gasteiger partial charge in [0, 0.05) is 20.1 Å². The number of rotatable bonds is 1. The van der Waals surface area contributed by atoms with Gasteiger partial charge in [-0.15, -0.1) is 0 Å². The van der Waals surface area contributed by atoms with Gasteiger partial charge in [-0.1, -0.05) is 70.8 Å². The van der Waals surface area contributed by atoms with Crippen molar-refractivity contribution in [3.05, 3.63) is 70.8 Å². The minimum Gasteiger partial charge on any atom is -0.293 e. The number of carbonyl (C=O) groups excluding carboxylic acids is 1. The quantitative estimate of drug-likeness (QED) is 0.398. The lowest BCUT2D eigenvalue weighted by Gasteiger charge is -2.30. The molecule has 0 aromatic heterocycles. The zero-order valence-corrected chi connectivity index (χ0v) is 14.1. The molecule has 3 rings (SSSR count). The summed E-state index contributed by atoms with van der Waals surface area (Å²) in [7, 11) is 0. The van der Waals surface area contributed by atoms with Gasteiger partial charge in [-0.05, 0) is 31.5 Å². The molecule has 1 aliphatic carbocycles. The van der Waals surface area contributed by atoms with Gasteiger partial charge in [-0.25, -0.2) is 0 Å². The summed E-state index contributed by atoms with van der Waals surface area (Å²) >= 11 is 2.37. The lowest BCUT2D eigenvalue weighted by molar-refractivity contribution is 0.0948. The van der Waals surface area contributed by atoms with E-state index in [1.165, 1.54) is 0 Å². The molecule has 0 saturated carbocycles. The van der Waals surface area contributed by atoms with Crippen molar-refractivity contribution in [2.45, 2.75) is 23.2 Å². The van der Waals surface area contributed by atoms with Crippen molar-refractivity contribution in [1.29, 1.82) is 0 Å². The molecule has 104 valence electrons. The number of carbonyl (C=O) groups is 1. The highest BCUT2D eigenvalue weighted by Gasteiger charge is 2.37. The summed E-state index contributed by atoms with van der Waals surface area (Å²) in [5.41, 5.74) is 3.54. The third-order valence-corrected chi connectivity index (χ3v) is 4.37. The van der Waals surface area contributed by atoms with Crippen LogP contribution >= 0.6 is 22.6 Å². The smallest absolute Gasteiger partial charge is 0.172 e. The number of hydrogen-bond donors (Lipinski definition) is 0. The monoisotopic (exact) mass is 386 g/mol. The van der Waals surface area contributed by atoms with Crippen molar-refractivity contribution in [2.75, 3.05) is 0 Å². The summed E-state index contributed by atoms with van der Waals surface area (Å²) in [4.78, 5) is 13.1. The lowest BCUT2D eigenvalue weighted by atomic mass is 9.78. The van der Waals surface area contributed by atoms with Gasteiger partial charge in [0.15, 0.2) is 5.78 Å². The van der Waals surface area contributed by atoms with Crippen LogP contribution in [-0.4, -0.2) is 9.20 Å². The molecule has 1 nitrogen and oxygen atoms in total. The normalized spacial score (nSPS) is 16.9. The maximum atomic E-state index is 13.1. The summed E-state index contributed by atoms with van der Waals surface area (Å²) < 4.78 is -0.183. The molecule has 0 amide bonds. The molecule has 2 heteroatoms. The maximum Gasteiger partial charge on any atom is 0.172 e. The van der Waals surface area contributed by atoms with E-state index < -0.39 is 0 Å². The second-order valence-corrected chi connectivity index (χ2v) is 8.52. The fourth-order valence-corrected chi connectivity index (χ4v) is 3.40. The Kier molecular flexibility index (Phi) is 3.62. The van der Waals surface area contributed by atoms with Crippen LogP contribution in [-0.2, 0) is 0 Å². The molecule has 0 saturated heterocycles. The zero-order chi connectivity index (χ0) is 15.0. The van der Waals surface area contributed by atoms with Gasteiger partial charge in [0.1, 0.15) is 0 Å². The van der Waals surface area contributed by atoms with E-state index in [-0.39, 0.29) is 15.1 Å². The number of benzene rings is 2. The highest BCUT2D eigenvalue weighted by atomic mass is 127. The molecule has 21 heavy (non-hydrogen) atoms. The highest BCUT2D eigenvalue weighted by Crippen LogP contribution is 2.40. The van der Waals surface area contributed by atoms with Crippen molar-refractivity contribution < 1.29 is 4.79 Å². The van der Waals surface area contributed by atoms with Crippen molar-refractivity contribution in [3.8, 4) is 11.8 Å². The number of Topliss-reactive ketones (excluding diaryl/α,β-unsaturated/α-hetero) is 1. The Hall–Kier alpha value is -1.60. The van der Waals surface area contributed by atoms with Gasteiger partial charge in [-0.2, -0.15) is 0 Å². The second kappa shape index (κ2) is 5.31. The van der Waals surface area contributed by atoms with Gasteiger partial charge in [0.25, 0.3) is 0 Å². The molecule has 1 unspecified atom stereocenters. The summed E-state index contributed by atoms with van der Waals surface area (Å²) in [5, 5.41) is 0. The first-order valence-electron chi connectivity index (χ1n) is 6.91. The van der Waals surface area contributed by atoms with E-state index in [1.54, 1.807) is 0 Å². The van der Waals surface area contributed by atoms with Crippen LogP contribution in [0.5, 0.6) is 0 Å². The molecule has 1 atom stereocenters. The first-order valence-corrected chi connectivity index (χ1v) is 7.99. The van der Waals surface area contributed by atoms with E-state index >= 15 is 0 Å². The molecule has 2 aromatic rings. The predicted octanol–water partition coefficient (Wildman–Crippen LogP) is 4.58. The molecule has 0 radical (unpaired) electrons.